The molecule has 0 spiro atoms. The van der Waals surface area contributed by atoms with Gasteiger partial charge >= 0.3 is 6.18 Å². The fourth-order valence-electron chi connectivity index (χ4n) is 4.03. The second-order valence-corrected chi connectivity index (χ2v) is 10.1. The van der Waals surface area contributed by atoms with E-state index in [2.05, 4.69) is 26.3 Å². The molecule has 1 aliphatic heterocycles. The summed E-state index contributed by atoms with van der Waals surface area (Å²) in [6.45, 7) is 2.21. The van der Waals surface area contributed by atoms with Crippen molar-refractivity contribution in [1.29, 1.82) is 0 Å². The lowest BCUT2D eigenvalue weighted by atomic mass is 9.76. The average Bonchev–Trinajstić information content (AvgIpc) is 3.11. The molecule has 4 nitrogen and oxygen atoms in total. The second kappa shape index (κ2) is 9.84. The number of benzene rings is 3. The Hall–Kier alpha value is -2.55. The van der Waals surface area contributed by atoms with Crippen LogP contribution in [0.25, 0.3) is 0 Å². The van der Waals surface area contributed by atoms with Gasteiger partial charge in [-0.2, -0.15) is 18.3 Å². The lowest BCUT2D eigenvalue weighted by Gasteiger charge is -2.27. The molecule has 0 saturated carbocycles. The topological polar surface area (TPSA) is 44.7 Å². The van der Waals surface area contributed by atoms with Crippen LogP contribution in [0.5, 0.6) is 0 Å². The van der Waals surface area contributed by atoms with Gasteiger partial charge in [-0.15, -0.1) is 0 Å². The maximum Gasteiger partial charge on any atom is 0.417 e. The Kier molecular flexibility index (Phi) is 7.18. The van der Waals surface area contributed by atoms with Gasteiger partial charge < -0.3 is 5.32 Å². The quantitative estimate of drug-likeness (QED) is 0.340. The fourth-order valence-corrected chi connectivity index (χ4v) is 4.71. The van der Waals surface area contributed by atoms with Gasteiger partial charge in [0.1, 0.15) is 6.54 Å². The van der Waals surface area contributed by atoms with E-state index in [1.54, 1.807) is 29.3 Å². The second-order valence-electron chi connectivity index (χ2n) is 8.36. The summed E-state index contributed by atoms with van der Waals surface area (Å²) in [6.07, 6.45) is -4.57. The Labute approximate surface area is 218 Å². The van der Waals surface area contributed by atoms with E-state index in [4.69, 9.17) is 23.2 Å². The molecule has 182 valence electrons. The third kappa shape index (κ3) is 5.66. The summed E-state index contributed by atoms with van der Waals surface area (Å²) in [7, 11) is 0. The zero-order chi connectivity index (χ0) is 25.4. The van der Waals surface area contributed by atoms with Crippen LogP contribution in [0, 0.1) is 0 Å². The van der Waals surface area contributed by atoms with E-state index in [-0.39, 0.29) is 12.5 Å². The van der Waals surface area contributed by atoms with Crippen LogP contribution < -0.4 is 5.32 Å². The van der Waals surface area contributed by atoms with Crippen molar-refractivity contribution in [2.24, 2.45) is 5.10 Å². The SMILES string of the molecule is CC1(c2ccc(Cl)cc2)CN(CC(=O)Nc2ccc(Br)cc2)N=C1c1ccc(C(F)(F)F)c(Cl)c1. The normalized spacial score (nSPS) is 17.9. The summed E-state index contributed by atoms with van der Waals surface area (Å²) < 4.78 is 40.6. The van der Waals surface area contributed by atoms with E-state index in [1.807, 2.05) is 31.2 Å². The number of carbonyl (C=O) groups is 1. The van der Waals surface area contributed by atoms with Crippen molar-refractivity contribution in [3.8, 4) is 0 Å². The number of anilines is 1. The van der Waals surface area contributed by atoms with Crippen molar-refractivity contribution in [2.45, 2.75) is 18.5 Å². The number of hydrogen-bond acceptors (Lipinski definition) is 3. The van der Waals surface area contributed by atoms with Gasteiger partial charge in [0, 0.05) is 20.7 Å². The van der Waals surface area contributed by atoms with Crippen molar-refractivity contribution >= 4 is 56.4 Å². The molecule has 1 aliphatic rings. The van der Waals surface area contributed by atoms with E-state index in [0.29, 0.717) is 28.5 Å². The van der Waals surface area contributed by atoms with Crippen LogP contribution in [0.3, 0.4) is 0 Å². The lowest BCUT2D eigenvalue weighted by molar-refractivity contribution is -0.137. The molecule has 3 aromatic rings. The first kappa shape index (κ1) is 25.5. The Bertz CT molecular complexity index is 1280. The van der Waals surface area contributed by atoms with E-state index >= 15 is 0 Å². The van der Waals surface area contributed by atoms with Gasteiger partial charge in [-0.1, -0.05) is 57.3 Å². The van der Waals surface area contributed by atoms with Crippen LogP contribution in [0.15, 0.2) is 76.3 Å². The number of carbonyl (C=O) groups excluding carboxylic acids is 1. The van der Waals surface area contributed by atoms with Gasteiger partial charge in [0.2, 0.25) is 5.91 Å². The summed E-state index contributed by atoms with van der Waals surface area (Å²) in [5.41, 5.74) is 0.790. The Balaban J connectivity index is 1.66. The van der Waals surface area contributed by atoms with Crippen molar-refractivity contribution < 1.29 is 18.0 Å². The van der Waals surface area contributed by atoms with E-state index < -0.39 is 22.2 Å². The molecule has 0 bridgehead atoms. The molecule has 0 saturated heterocycles. The van der Waals surface area contributed by atoms with Gasteiger partial charge in [-0.05, 0) is 61.0 Å². The van der Waals surface area contributed by atoms with Crippen molar-refractivity contribution in [3.05, 3.63) is 97.9 Å². The first-order chi connectivity index (χ1) is 16.5. The number of nitrogens with zero attached hydrogens (tertiary/aromatic N) is 2. The number of amides is 1. The summed E-state index contributed by atoms with van der Waals surface area (Å²) in [5.74, 6) is -0.277. The number of hydrogen-bond donors (Lipinski definition) is 1. The first-order valence-corrected chi connectivity index (χ1v) is 12.0. The molecule has 1 N–H and O–H groups in total. The zero-order valence-electron chi connectivity index (χ0n) is 18.3. The fraction of sp³-hybridized carbons (Fsp3) is 0.200. The minimum absolute atomic E-state index is 0.0445. The summed E-state index contributed by atoms with van der Waals surface area (Å²) >= 11 is 15.4. The van der Waals surface area contributed by atoms with E-state index in [1.165, 1.54) is 12.1 Å². The molecule has 0 aliphatic carbocycles. The molecule has 10 heteroatoms. The monoisotopic (exact) mass is 583 g/mol. The van der Waals surface area contributed by atoms with Crippen molar-refractivity contribution in [3.63, 3.8) is 0 Å². The molecule has 1 heterocycles. The highest BCUT2D eigenvalue weighted by Crippen LogP contribution is 2.39. The Morgan fingerprint density at radius 1 is 1.09 bits per heavy atom. The summed E-state index contributed by atoms with van der Waals surface area (Å²) in [4.78, 5) is 12.7. The minimum atomic E-state index is -4.57. The Morgan fingerprint density at radius 3 is 2.34 bits per heavy atom. The van der Waals surface area contributed by atoms with E-state index in [9.17, 15) is 18.0 Å². The first-order valence-electron chi connectivity index (χ1n) is 10.5. The highest BCUT2D eigenvalue weighted by atomic mass is 79.9. The summed E-state index contributed by atoms with van der Waals surface area (Å²) in [5, 5.41) is 9.21. The molecule has 1 unspecified atom stereocenters. The van der Waals surface area contributed by atoms with E-state index in [0.717, 1.165) is 16.1 Å². The number of rotatable bonds is 5. The molecule has 1 amide bonds. The van der Waals surface area contributed by atoms with Crippen LogP contribution in [-0.4, -0.2) is 29.7 Å². The van der Waals surface area contributed by atoms with Crippen LogP contribution >= 0.6 is 39.1 Å². The van der Waals surface area contributed by atoms with Crippen LogP contribution in [0.4, 0.5) is 18.9 Å². The highest BCUT2D eigenvalue weighted by molar-refractivity contribution is 9.10. The van der Waals surface area contributed by atoms with Crippen LogP contribution in [0.1, 0.15) is 23.6 Å². The average molecular weight is 585 g/mol. The summed E-state index contributed by atoms with van der Waals surface area (Å²) in [6, 6.07) is 17.9. The zero-order valence-corrected chi connectivity index (χ0v) is 21.4. The van der Waals surface area contributed by atoms with Gasteiger partial charge in [-0.25, -0.2) is 0 Å². The number of alkyl halides is 3. The van der Waals surface area contributed by atoms with Crippen molar-refractivity contribution in [1.82, 2.24) is 5.01 Å². The van der Waals surface area contributed by atoms with Crippen LogP contribution in [0.2, 0.25) is 10.0 Å². The van der Waals surface area contributed by atoms with Crippen molar-refractivity contribution in [2.75, 3.05) is 18.4 Å². The molecular formula is C25H19BrCl2F3N3O. The maximum absolute atomic E-state index is 13.2. The predicted molar refractivity (Wildman–Crippen MR) is 136 cm³/mol. The predicted octanol–water partition coefficient (Wildman–Crippen LogP) is 7.39. The molecule has 3 aromatic carbocycles. The molecule has 4 rings (SSSR count). The van der Waals surface area contributed by atoms with Crippen LogP contribution in [-0.2, 0) is 16.4 Å². The largest absolute Gasteiger partial charge is 0.417 e. The molecule has 0 fully saturated rings. The number of hydrazone groups is 1. The van der Waals surface area contributed by atoms with Gasteiger partial charge in [0.25, 0.3) is 0 Å². The number of nitrogens with one attached hydrogen (secondary N) is 1. The molecule has 0 radical (unpaired) electrons. The van der Waals surface area contributed by atoms with Gasteiger partial charge in [-0.3, -0.25) is 9.80 Å². The lowest BCUT2D eigenvalue weighted by Crippen LogP contribution is -2.38. The molecule has 35 heavy (non-hydrogen) atoms. The number of halogens is 6. The highest BCUT2D eigenvalue weighted by Gasteiger charge is 2.42. The maximum atomic E-state index is 13.2. The molecule has 1 atom stereocenters. The smallest absolute Gasteiger partial charge is 0.324 e. The third-order valence-corrected chi connectivity index (χ3v) is 6.84. The molecule has 0 aromatic heterocycles. The molecular weight excluding hydrogens is 566 g/mol. The van der Waals surface area contributed by atoms with Gasteiger partial charge in [0.05, 0.1) is 28.3 Å². The Morgan fingerprint density at radius 2 is 1.74 bits per heavy atom. The van der Waals surface area contributed by atoms with Gasteiger partial charge in [0.15, 0.2) is 0 Å². The standard InChI is InChI=1S/C25H19BrCl2F3N3O/c1-24(16-3-7-18(27)8-4-16)14-34(13-22(35)32-19-9-5-17(26)6-10-19)33-23(24)15-2-11-20(21(28)12-15)25(29,30)31/h2-12H,13-14H2,1H3,(H,32,35). The third-order valence-electron chi connectivity index (χ3n) is 5.75. The minimum Gasteiger partial charge on any atom is -0.324 e.